The molecule has 0 aliphatic carbocycles. The lowest BCUT2D eigenvalue weighted by atomic mass is 10.1. The molecule has 5 nitrogen and oxygen atoms in total. The lowest BCUT2D eigenvalue weighted by Gasteiger charge is -2.17. The molecule has 0 heterocycles. The smallest absolute Gasteiger partial charge is 0.242 e. The molecule has 0 fully saturated rings. The number of sulfonamides is 1. The van der Waals surface area contributed by atoms with Crippen LogP contribution in [0.5, 0.6) is 0 Å². The number of nitrogens with zero attached hydrogens (tertiary/aromatic N) is 2. The number of carbonyl (C=O) groups is 1. The second-order valence-corrected chi connectivity index (χ2v) is 7.87. The van der Waals surface area contributed by atoms with Crippen molar-refractivity contribution in [2.75, 3.05) is 26.0 Å². The van der Waals surface area contributed by atoms with Crippen LogP contribution in [0.2, 0.25) is 0 Å². The Morgan fingerprint density at radius 1 is 0.917 bits per heavy atom. The van der Waals surface area contributed by atoms with Crippen molar-refractivity contribution in [3.63, 3.8) is 0 Å². The van der Waals surface area contributed by atoms with Crippen molar-refractivity contribution < 1.29 is 13.2 Å². The highest BCUT2D eigenvalue weighted by Crippen LogP contribution is 2.16. The van der Waals surface area contributed by atoms with Crippen molar-refractivity contribution in [3.8, 4) is 0 Å². The molecule has 6 heteroatoms. The van der Waals surface area contributed by atoms with Crippen LogP contribution in [0.1, 0.15) is 12.0 Å². The highest BCUT2D eigenvalue weighted by molar-refractivity contribution is 7.89. The second kappa shape index (κ2) is 7.59. The fraction of sp³-hybridized carbons (Fsp3) is 0.278. The number of para-hydroxylation sites is 1. The van der Waals surface area contributed by atoms with E-state index in [0.29, 0.717) is 12.8 Å². The van der Waals surface area contributed by atoms with E-state index < -0.39 is 10.0 Å². The summed E-state index contributed by atoms with van der Waals surface area (Å²) in [6.45, 7) is 0. The van der Waals surface area contributed by atoms with Gasteiger partial charge in [0.2, 0.25) is 15.9 Å². The average Bonchev–Trinajstić information content (AvgIpc) is 2.60. The second-order valence-electron chi connectivity index (χ2n) is 5.72. The summed E-state index contributed by atoms with van der Waals surface area (Å²) < 4.78 is 25.2. The third-order valence-electron chi connectivity index (χ3n) is 3.85. The first-order chi connectivity index (χ1) is 11.3. The Balaban J connectivity index is 1.99. The summed E-state index contributed by atoms with van der Waals surface area (Å²) in [7, 11) is 1.34. The van der Waals surface area contributed by atoms with Crippen molar-refractivity contribution in [2.24, 2.45) is 0 Å². The molecule has 0 atom stereocenters. The van der Waals surface area contributed by atoms with Gasteiger partial charge in [-0.25, -0.2) is 12.7 Å². The Morgan fingerprint density at radius 2 is 1.50 bits per heavy atom. The van der Waals surface area contributed by atoms with E-state index in [1.807, 2.05) is 30.3 Å². The highest BCUT2D eigenvalue weighted by Gasteiger charge is 2.17. The van der Waals surface area contributed by atoms with Crippen LogP contribution in [0.4, 0.5) is 5.69 Å². The highest BCUT2D eigenvalue weighted by atomic mass is 32.2. The van der Waals surface area contributed by atoms with Crippen LogP contribution in [-0.4, -0.2) is 39.8 Å². The van der Waals surface area contributed by atoms with Crippen LogP contribution in [-0.2, 0) is 21.2 Å². The van der Waals surface area contributed by atoms with Gasteiger partial charge in [-0.1, -0.05) is 30.3 Å². The summed E-state index contributed by atoms with van der Waals surface area (Å²) in [5, 5.41) is 0. The van der Waals surface area contributed by atoms with E-state index >= 15 is 0 Å². The maximum Gasteiger partial charge on any atom is 0.242 e. The van der Waals surface area contributed by atoms with Crippen LogP contribution in [0, 0.1) is 0 Å². The lowest BCUT2D eigenvalue weighted by molar-refractivity contribution is -0.118. The number of amides is 1. The molecule has 0 unspecified atom stereocenters. The van der Waals surface area contributed by atoms with Crippen molar-refractivity contribution >= 4 is 21.6 Å². The number of anilines is 1. The third kappa shape index (κ3) is 4.21. The summed E-state index contributed by atoms with van der Waals surface area (Å²) in [4.78, 5) is 14.1. The molecule has 24 heavy (non-hydrogen) atoms. The third-order valence-corrected chi connectivity index (χ3v) is 5.68. The van der Waals surface area contributed by atoms with Gasteiger partial charge in [0, 0.05) is 33.3 Å². The molecule has 0 aromatic heterocycles. The van der Waals surface area contributed by atoms with E-state index in [-0.39, 0.29) is 10.8 Å². The van der Waals surface area contributed by atoms with Crippen molar-refractivity contribution in [2.45, 2.75) is 17.7 Å². The van der Waals surface area contributed by atoms with Gasteiger partial charge < -0.3 is 4.90 Å². The molecule has 0 saturated carbocycles. The van der Waals surface area contributed by atoms with E-state index in [4.69, 9.17) is 0 Å². The molecule has 2 aromatic rings. The van der Waals surface area contributed by atoms with Gasteiger partial charge in [0.1, 0.15) is 0 Å². The first-order valence-corrected chi connectivity index (χ1v) is 9.09. The zero-order chi connectivity index (χ0) is 17.7. The largest absolute Gasteiger partial charge is 0.315 e. The van der Waals surface area contributed by atoms with Gasteiger partial charge in [-0.15, -0.1) is 0 Å². The molecule has 1 amide bonds. The fourth-order valence-corrected chi connectivity index (χ4v) is 3.16. The van der Waals surface area contributed by atoms with Crippen LogP contribution >= 0.6 is 0 Å². The zero-order valence-corrected chi connectivity index (χ0v) is 15.0. The molecule has 0 saturated heterocycles. The topological polar surface area (TPSA) is 57.7 Å². The van der Waals surface area contributed by atoms with Crippen LogP contribution in [0.25, 0.3) is 0 Å². The molecule has 0 radical (unpaired) electrons. The monoisotopic (exact) mass is 346 g/mol. The predicted octanol–water partition coefficient (Wildman–Crippen LogP) is 2.53. The van der Waals surface area contributed by atoms with Gasteiger partial charge in [0.15, 0.2) is 0 Å². The van der Waals surface area contributed by atoms with Gasteiger partial charge >= 0.3 is 0 Å². The zero-order valence-electron chi connectivity index (χ0n) is 14.1. The maximum absolute atomic E-state index is 12.3. The first-order valence-electron chi connectivity index (χ1n) is 7.65. The minimum absolute atomic E-state index is 0.0196. The Morgan fingerprint density at radius 3 is 2.04 bits per heavy atom. The summed E-state index contributed by atoms with van der Waals surface area (Å²) >= 11 is 0. The minimum Gasteiger partial charge on any atom is -0.315 e. The summed E-state index contributed by atoms with van der Waals surface area (Å²) in [6.07, 6.45) is 0.934. The Bertz CT molecular complexity index is 785. The van der Waals surface area contributed by atoms with Crippen molar-refractivity contribution in [1.29, 1.82) is 0 Å². The molecule has 2 rings (SSSR count). The number of hydrogen-bond acceptors (Lipinski definition) is 3. The number of aryl methyl sites for hydroxylation is 1. The van der Waals surface area contributed by atoms with Crippen molar-refractivity contribution in [1.82, 2.24) is 4.31 Å². The van der Waals surface area contributed by atoms with E-state index in [1.165, 1.54) is 18.4 Å². The van der Waals surface area contributed by atoms with E-state index in [9.17, 15) is 13.2 Å². The molecule has 0 aliphatic rings. The Labute approximate surface area is 143 Å². The van der Waals surface area contributed by atoms with Crippen LogP contribution < -0.4 is 4.90 Å². The average molecular weight is 346 g/mol. The summed E-state index contributed by atoms with van der Waals surface area (Å²) in [5.41, 5.74) is 1.79. The van der Waals surface area contributed by atoms with Gasteiger partial charge in [-0.2, -0.15) is 0 Å². The first kappa shape index (κ1) is 18.2. The lowest BCUT2D eigenvalue weighted by Crippen LogP contribution is -2.26. The number of hydrogen-bond donors (Lipinski definition) is 0. The molecule has 2 aromatic carbocycles. The normalized spacial score (nSPS) is 11.5. The Kier molecular flexibility index (Phi) is 5.75. The quantitative estimate of drug-likeness (QED) is 0.808. The SMILES string of the molecule is CN(C(=O)CCc1ccc(S(=O)(=O)N(C)C)cc1)c1ccccc1. The Hall–Kier alpha value is -2.18. The molecule has 0 spiro atoms. The maximum atomic E-state index is 12.3. The molecule has 0 aliphatic heterocycles. The predicted molar refractivity (Wildman–Crippen MR) is 95.5 cm³/mol. The van der Waals surface area contributed by atoms with Gasteiger partial charge in [-0.05, 0) is 36.2 Å². The van der Waals surface area contributed by atoms with Crippen molar-refractivity contribution in [3.05, 3.63) is 60.2 Å². The van der Waals surface area contributed by atoms with Gasteiger partial charge in [0.25, 0.3) is 0 Å². The minimum atomic E-state index is -3.42. The number of carbonyl (C=O) groups excluding carboxylic acids is 1. The van der Waals surface area contributed by atoms with Gasteiger partial charge in [-0.3, -0.25) is 4.79 Å². The standard InChI is InChI=1S/C18H22N2O3S/c1-19(2)24(22,23)17-12-9-15(10-13-17)11-14-18(21)20(3)16-7-5-4-6-8-16/h4-10,12-13H,11,14H2,1-3H3. The van der Waals surface area contributed by atoms with E-state index in [1.54, 1.807) is 36.2 Å². The van der Waals surface area contributed by atoms with E-state index in [0.717, 1.165) is 11.3 Å². The summed E-state index contributed by atoms with van der Waals surface area (Å²) in [6, 6.07) is 16.1. The number of benzene rings is 2. The molecule has 0 bridgehead atoms. The molecular weight excluding hydrogens is 324 g/mol. The fourth-order valence-electron chi connectivity index (χ4n) is 2.25. The van der Waals surface area contributed by atoms with E-state index in [2.05, 4.69) is 0 Å². The molecular formula is C18H22N2O3S. The van der Waals surface area contributed by atoms with Crippen LogP contribution in [0.15, 0.2) is 59.5 Å². The van der Waals surface area contributed by atoms with Gasteiger partial charge in [0.05, 0.1) is 4.90 Å². The number of rotatable bonds is 6. The summed E-state index contributed by atoms with van der Waals surface area (Å²) in [5.74, 6) is 0.0196. The van der Waals surface area contributed by atoms with Crippen LogP contribution in [0.3, 0.4) is 0 Å². The molecule has 128 valence electrons. The molecule has 0 N–H and O–H groups in total.